The molecule has 0 bridgehead atoms. The predicted octanol–water partition coefficient (Wildman–Crippen LogP) is -5.09. The number of nitrogens with two attached hydrogens (primary N) is 5. The molecule has 220 valence electrons. The smallest absolute Gasteiger partial charge is 0.326 e. The molecule has 0 rings (SSSR count). The van der Waals surface area contributed by atoms with Crippen LogP contribution in [-0.4, -0.2) is 100 Å². The van der Waals surface area contributed by atoms with Crippen molar-refractivity contribution >= 4 is 47.5 Å². The highest BCUT2D eigenvalue weighted by atomic mass is 16.4. The molecule has 0 aliphatic heterocycles. The number of carbonyl (C=O) groups is 6. The predicted molar refractivity (Wildman–Crippen MR) is 136 cm³/mol. The van der Waals surface area contributed by atoms with Crippen molar-refractivity contribution in [3.05, 3.63) is 0 Å². The number of rotatable bonds is 19. The molecule has 3 amide bonds. The molecule has 0 unspecified atom stereocenters. The highest BCUT2D eigenvalue weighted by Crippen LogP contribution is 2.05. The second kappa shape index (κ2) is 17.7. The number of carboxylic acid groups (broad SMARTS) is 3. The first-order valence-corrected chi connectivity index (χ1v) is 11.6. The van der Waals surface area contributed by atoms with Crippen LogP contribution in [0.25, 0.3) is 0 Å². The molecule has 0 spiro atoms. The first-order valence-electron chi connectivity index (χ1n) is 11.6. The Hall–Kier alpha value is -4.68. The number of nitrogens with zero attached hydrogens (tertiary/aromatic N) is 2. The van der Waals surface area contributed by atoms with Crippen LogP contribution in [0.15, 0.2) is 9.98 Å². The van der Waals surface area contributed by atoms with Gasteiger partial charge in [-0.3, -0.25) is 34.0 Å². The summed E-state index contributed by atoms with van der Waals surface area (Å²) in [7, 11) is 0. The quantitative estimate of drug-likeness (QED) is 0.0400. The minimum Gasteiger partial charge on any atom is -0.481 e. The van der Waals surface area contributed by atoms with Gasteiger partial charge in [0, 0.05) is 13.1 Å². The average molecular weight is 561 g/mol. The standard InChI is InChI=1S/C20H36N10O9/c21-9(7-13(31)32)15(35)28-10(3-1-5-26-19(22)23)16(36)30-12(8-14(33)34)17(37)29-11(18(38)39)4-2-6-27-20(24)25/h9-12H,1-8,21H2,(H,28,35)(H,29,37)(H,30,36)(H,31,32)(H,33,34)(H,38,39)(H4,22,23,26)(H4,24,25,27)/t9-,10-,11-,12-/m0/s1. The van der Waals surface area contributed by atoms with E-state index in [2.05, 4.69) is 25.9 Å². The largest absolute Gasteiger partial charge is 0.481 e. The van der Waals surface area contributed by atoms with Gasteiger partial charge in [-0.25, -0.2) is 4.79 Å². The summed E-state index contributed by atoms with van der Waals surface area (Å²) in [6, 6.07) is -6.10. The number of aliphatic carboxylic acids is 3. The topological polar surface area (TPSA) is 354 Å². The van der Waals surface area contributed by atoms with Crippen LogP contribution in [0.1, 0.15) is 38.5 Å². The molecule has 0 fully saturated rings. The molecule has 4 atom stereocenters. The van der Waals surface area contributed by atoms with Crippen molar-refractivity contribution in [1.82, 2.24) is 16.0 Å². The second-order valence-corrected chi connectivity index (χ2v) is 8.22. The fourth-order valence-corrected chi connectivity index (χ4v) is 3.02. The van der Waals surface area contributed by atoms with Gasteiger partial charge in [0.1, 0.15) is 18.1 Å². The molecule has 0 heterocycles. The number of hydrogen-bond donors (Lipinski definition) is 11. The lowest BCUT2D eigenvalue weighted by Crippen LogP contribution is -2.57. The van der Waals surface area contributed by atoms with Crippen LogP contribution in [0.4, 0.5) is 0 Å². The third-order valence-corrected chi connectivity index (χ3v) is 4.88. The van der Waals surface area contributed by atoms with Gasteiger partial charge in [-0.2, -0.15) is 0 Å². The van der Waals surface area contributed by atoms with Crippen molar-refractivity contribution in [3.8, 4) is 0 Å². The van der Waals surface area contributed by atoms with Gasteiger partial charge < -0.3 is 59.9 Å². The Bertz CT molecular complexity index is 948. The van der Waals surface area contributed by atoms with Crippen molar-refractivity contribution in [1.29, 1.82) is 0 Å². The van der Waals surface area contributed by atoms with Crippen molar-refractivity contribution in [2.24, 2.45) is 38.7 Å². The highest BCUT2D eigenvalue weighted by Gasteiger charge is 2.31. The van der Waals surface area contributed by atoms with E-state index in [1.54, 1.807) is 0 Å². The molecule has 0 radical (unpaired) electrons. The molecule has 0 aromatic carbocycles. The lowest BCUT2D eigenvalue weighted by molar-refractivity contribution is -0.143. The first-order chi connectivity index (χ1) is 18.1. The molecule has 16 N–H and O–H groups in total. The van der Waals surface area contributed by atoms with Crippen molar-refractivity contribution < 1.29 is 44.1 Å². The van der Waals surface area contributed by atoms with E-state index in [-0.39, 0.29) is 50.7 Å². The maximum Gasteiger partial charge on any atom is 0.326 e. The molecule has 19 nitrogen and oxygen atoms in total. The zero-order chi connectivity index (χ0) is 30.1. The summed E-state index contributed by atoms with van der Waals surface area (Å²) in [5, 5.41) is 34.0. The summed E-state index contributed by atoms with van der Waals surface area (Å²) in [6.07, 6.45) is -1.60. The van der Waals surface area contributed by atoms with Gasteiger partial charge in [-0.15, -0.1) is 0 Å². The van der Waals surface area contributed by atoms with Crippen molar-refractivity contribution in [2.75, 3.05) is 13.1 Å². The van der Waals surface area contributed by atoms with Crippen LogP contribution >= 0.6 is 0 Å². The number of nitrogens with one attached hydrogen (secondary N) is 3. The van der Waals surface area contributed by atoms with Crippen molar-refractivity contribution in [2.45, 2.75) is 62.7 Å². The van der Waals surface area contributed by atoms with E-state index in [1.165, 1.54) is 0 Å². The Morgan fingerprint density at radius 2 is 1.03 bits per heavy atom. The maximum atomic E-state index is 12.9. The second-order valence-electron chi connectivity index (χ2n) is 8.22. The molecule has 0 aliphatic rings. The minimum atomic E-state index is -1.74. The molecular weight excluding hydrogens is 524 g/mol. The average Bonchev–Trinajstić information content (AvgIpc) is 2.80. The number of amides is 3. The van der Waals surface area contributed by atoms with Crippen molar-refractivity contribution in [3.63, 3.8) is 0 Å². The molecule has 39 heavy (non-hydrogen) atoms. The van der Waals surface area contributed by atoms with E-state index in [0.29, 0.717) is 0 Å². The van der Waals surface area contributed by atoms with Crippen LogP contribution in [0.5, 0.6) is 0 Å². The van der Waals surface area contributed by atoms with Gasteiger partial charge in [0.05, 0.1) is 18.9 Å². The maximum absolute atomic E-state index is 12.9. The number of carboxylic acids is 3. The molecule has 0 aliphatic carbocycles. The SMILES string of the molecule is NC(N)=NCCC[C@H](NC(=O)[C@H](CC(=O)O)NC(=O)[C@H](CCCN=C(N)N)NC(=O)[C@@H](N)CC(=O)O)C(=O)O. The Kier molecular flexibility index (Phi) is 15.6. The Morgan fingerprint density at radius 3 is 1.46 bits per heavy atom. The summed E-state index contributed by atoms with van der Waals surface area (Å²) in [4.78, 5) is 79.2. The van der Waals surface area contributed by atoms with E-state index in [9.17, 15) is 39.0 Å². The number of aliphatic imine (C=N–C) groups is 2. The minimum absolute atomic E-state index is 0.0440. The molecule has 0 aromatic heterocycles. The van der Waals surface area contributed by atoms with Crippen LogP contribution in [0.2, 0.25) is 0 Å². The van der Waals surface area contributed by atoms with Gasteiger partial charge in [-0.05, 0) is 25.7 Å². The van der Waals surface area contributed by atoms with E-state index in [0.717, 1.165) is 0 Å². The zero-order valence-electron chi connectivity index (χ0n) is 21.0. The zero-order valence-corrected chi connectivity index (χ0v) is 21.0. The summed E-state index contributed by atoms with van der Waals surface area (Å²) >= 11 is 0. The molecular formula is C20H36N10O9. The van der Waals surface area contributed by atoms with Crippen LogP contribution < -0.4 is 44.6 Å². The Morgan fingerprint density at radius 1 is 0.615 bits per heavy atom. The van der Waals surface area contributed by atoms with Crippen LogP contribution in [0, 0.1) is 0 Å². The van der Waals surface area contributed by atoms with Gasteiger partial charge >= 0.3 is 17.9 Å². The number of hydrogen-bond acceptors (Lipinski definition) is 9. The fourth-order valence-electron chi connectivity index (χ4n) is 3.02. The number of carbonyl (C=O) groups excluding carboxylic acids is 3. The fraction of sp³-hybridized carbons (Fsp3) is 0.600. The number of guanidine groups is 2. The molecule has 0 aromatic rings. The Labute approximate surface area is 222 Å². The first kappa shape index (κ1) is 34.3. The summed E-state index contributed by atoms with van der Waals surface area (Å²) in [5.74, 6) is -7.85. The molecule has 19 heteroatoms. The van der Waals surface area contributed by atoms with Gasteiger partial charge in [0.15, 0.2) is 11.9 Å². The molecule has 0 saturated heterocycles. The normalized spacial score (nSPS) is 13.5. The van der Waals surface area contributed by atoms with E-state index >= 15 is 0 Å². The van der Waals surface area contributed by atoms with Gasteiger partial charge in [0.2, 0.25) is 17.7 Å². The lowest BCUT2D eigenvalue weighted by atomic mass is 10.1. The monoisotopic (exact) mass is 560 g/mol. The lowest BCUT2D eigenvalue weighted by Gasteiger charge is -2.24. The van der Waals surface area contributed by atoms with Crippen LogP contribution in [-0.2, 0) is 28.8 Å². The van der Waals surface area contributed by atoms with Crippen LogP contribution in [0.3, 0.4) is 0 Å². The van der Waals surface area contributed by atoms with E-state index in [1.807, 2.05) is 0 Å². The summed E-state index contributed by atoms with van der Waals surface area (Å²) in [6.45, 7) is 0.116. The molecule has 0 saturated carbocycles. The Balaban J connectivity index is 5.63. The third kappa shape index (κ3) is 15.9. The van der Waals surface area contributed by atoms with E-state index in [4.69, 9.17) is 33.8 Å². The highest BCUT2D eigenvalue weighted by molar-refractivity contribution is 5.96. The van der Waals surface area contributed by atoms with Gasteiger partial charge in [0.25, 0.3) is 0 Å². The third-order valence-electron chi connectivity index (χ3n) is 4.88. The summed E-state index contributed by atoms with van der Waals surface area (Å²) < 4.78 is 0. The van der Waals surface area contributed by atoms with E-state index < -0.39 is 72.6 Å². The summed E-state index contributed by atoms with van der Waals surface area (Å²) in [5.41, 5.74) is 26.4. The van der Waals surface area contributed by atoms with Gasteiger partial charge in [-0.1, -0.05) is 0 Å².